The van der Waals surface area contributed by atoms with Gasteiger partial charge in [0.2, 0.25) is 5.78 Å². The van der Waals surface area contributed by atoms with E-state index in [0.717, 1.165) is 5.56 Å². The van der Waals surface area contributed by atoms with E-state index >= 15 is 0 Å². The van der Waals surface area contributed by atoms with Crippen LogP contribution in [0, 0.1) is 0 Å². The summed E-state index contributed by atoms with van der Waals surface area (Å²) in [4.78, 5) is 33.6. The van der Waals surface area contributed by atoms with E-state index in [1.54, 1.807) is 24.3 Å². The lowest BCUT2D eigenvalue weighted by molar-refractivity contribution is -0.156. The van der Waals surface area contributed by atoms with Gasteiger partial charge in [-0.3, -0.25) is 9.59 Å². The first kappa shape index (κ1) is 15.8. The van der Waals surface area contributed by atoms with E-state index < -0.39 is 23.8 Å². The highest BCUT2D eigenvalue weighted by molar-refractivity contribution is 6.33. The fraction of sp³-hybridized carbons (Fsp3) is 0.357. The first-order chi connectivity index (χ1) is 9.52. The van der Waals surface area contributed by atoms with Gasteiger partial charge >= 0.3 is 11.9 Å². The average Bonchev–Trinajstić information content (AvgIpc) is 2.44. The topological polar surface area (TPSA) is 89.9 Å². The van der Waals surface area contributed by atoms with Crippen LogP contribution in [0.25, 0.3) is 0 Å². The molecule has 0 aliphatic carbocycles. The first-order valence-electron chi connectivity index (χ1n) is 6.01. The van der Waals surface area contributed by atoms with Crippen molar-refractivity contribution >= 4 is 17.7 Å². The molecule has 0 aliphatic heterocycles. The van der Waals surface area contributed by atoms with E-state index in [1.807, 2.05) is 6.07 Å². The molecular weight excluding hydrogens is 264 g/mol. The summed E-state index contributed by atoms with van der Waals surface area (Å²) in [6.45, 7) is 0.00198. The number of Topliss-reactive ketones (excluding diaryl/α,β-unsaturated/α-hetero) is 1. The number of rotatable bonds is 8. The summed E-state index contributed by atoms with van der Waals surface area (Å²) in [5.74, 6) is -2.88. The molecule has 0 amide bonds. The van der Waals surface area contributed by atoms with E-state index in [9.17, 15) is 14.4 Å². The van der Waals surface area contributed by atoms with Crippen LogP contribution >= 0.6 is 0 Å². The molecule has 0 radical (unpaired) electrons. The fourth-order valence-electron chi connectivity index (χ4n) is 1.53. The molecule has 1 rings (SSSR count). The van der Waals surface area contributed by atoms with E-state index in [2.05, 4.69) is 0 Å². The Morgan fingerprint density at radius 2 is 1.80 bits per heavy atom. The number of hydrogen-bond acceptors (Lipinski definition) is 5. The highest BCUT2D eigenvalue weighted by Gasteiger charge is 2.22. The molecule has 0 bridgehead atoms. The van der Waals surface area contributed by atoms with Gasteiger partial charge in [-0.1, -0.05) is 30.3 Å². The van der Waals surface area contributed by atoms with Gasteiger partial charge in [0.1, 0.15) is 6.61 Å². The lowest BCUT2D eigenvalue weighted by Gasteiger charge is -2.11. The van der Waals surface area contributed by atoms with Crippen LogP contribution in [0.4, 0.5) is 0 Å². The van der Waals surface area contributed by atoms with Gasteiger partial charge in [0.25, 0.3) is 0 Å². The maximum absolute atomic E-state index is 11.6. The molecule has 0 unspecified atom stereocenters. The summed E-state index contributed by atoms with van der Waals surface area (Å²) in [6.07, 6.45) is -1.48. The smallest absolute Gasteiger partial charge is 0.375 e. The molecule has 1 atom stereocenters. The van der Waals surface area contributed by atoms with Gasteiger partial charge in [-0.15, -0.1) is 0 Å². The summed E-state index contributed by atoms with van der Waals surface area (Å²) in [5.41, 5.74) is 0.766. The van der Waals surface area contributed by atoms with Crippen LogP contribution in [0.5, 0.6) is 0 Å². The Bertz CT molecular complexity index is 468. The number of carbonyl (C=O) groups is 3. The Labute approximate surface area is 116 Å². The van der Waals surface area contributed by atoms with Gasteiger partial charge < -0.3 is 14.6 Å². The monoisotopic (exact) mass is 280 g/mol. The molecule has 0 aromatic heterocycles. The van der Waals surface area contributed by atoms with Crippen molar-refractivity contribution in [2.45, 2.75) is 25.6 Å². The van der Waals surface area contributed by atoms with E-state index in [4.69, 9.17) is 14.6 Å². The Kier molecular flexibility index (Phi) is 6.39. The second kappa shape index (κ2) is 8.06. The number of ether oxygens (including phenoxy) is 2. The summed E-state index contributed by atoms with van der Waals surface area (Å²) in [6, 6.07) is 8.93. The summed E-state index contributed by atoms with van der Waals surface area (Å²) in [7, 11) is 1.29. The number of carboxylic acids is 1. The predicted octanol–water partition coefficient (Wildman–Crippen LogP) is 1.18. The van der Waals surface area contributed by atoms with Crippen LogP contribution in [0.2, 0.25) is 0 Å². The number of benzene rings is 1. The molecule has 0 saturated carbocycles. The largest absolute Gasteiger partial charge is 0.481 e. The first-order valence-corrected chi connectivity index (χ1v) is 6.01. The second-order valence-corrected chi connectivity index (χ2v) is 4.14. The van der Waals surface area contributed by atoms with E-state index in [-0.39, 0.29) is 19.4 Å². The molecule has 1 N–H and O–H groups in total. The summed E-state index contributed by atoms with van der Waals surface area (Å²) < 4.78 is 9.68. The molecule has 20 heavy (non-hydrogen) atoms. The number of esters is 1. The van der Waals surface area contributed by atoms with Crippen molar-refractivity contribution in [1.82, 2.24) is 0 Å². The third-order valence-electron chi connectivity index (χ3n) is 2.59. The zero-order chi connectivity index (χ0) is 15.0. The molecule has 6 nitrogen and oxygen atoms in total. The average molecular weight is 280 g/mol. The lowest BCUT2D eigenvalue weighted by atomic mass is 10.1. The number of carboxylic acid groups (broad SMARTS) is 1. The Balaban J connectivity index is 2.42. The third-order valence-corrected chi connectivity index (χ3v) is 2.59. The molecule has 0 heterocycles. The van der Waals surface area contributed by atoms with Gasteiger partial charge in [-0.2, -0.15) is 0 Å². The molecule has 0 aliphatic rings. The molecule has 1 aromatic carbocycles. The zero-order valence-electron chi connectivity index (χ0n) is 11.1. The van der Waals surface area contributed by atoms with Crippen molar-refractivity contribution in [3.05, 3.63) is 35.9 Å². The van der Waals surface area contributed by atoms with Crippen LogP contribution in [0.3, 0.4) is 0 Å². The van der Waals surface area contributed by atoms with Crippen molar-refractivity contribution in [2.75, 3.05) is 7.11 Å². The zero-order valence-corrected chi connectivity index (χ0v) is 11.1. The van der Waals surface area contributed by atoms with Gasteiger partial charge in [-0.05, 0) is 5.56 Å². The minimum Gasteiger partial charge on any atom is -0.481 e. The van der Waals surface area contributed by atoms with Gasteiger partial charge in [-0.25, -0.2) is 4.79 Å². The Hall–Kier alpha value is -2.21. The number of ketones is 1. The quantitative estimate of drug-likeness (QED) is 0.568. The highest BCUT2D eigenvalue weighted by atomic mass is 16.5. The molecular formula is C14H16O6. The second-order valence-electron chi connectivity index (χ2n) is 4.14. The number of aliphatic carboxylic acids is 1. The van der Waals surface area contributed by atoms with Crippen LogP contribution in [-0.2, 0) is 30.5 Å². The molecule has 0 saturated heterocycles. The Morgan fingerprint density at radius 3 is 2.35 bits per heavy atom. The summed E-state index contributed by atoms with van der Waals surface area (Å²) >= 11 is 0. The number of carbonyl (C=O) groups excluding carboxylic acids is 2. The van der Waals surface area contributed by atoms with Gasteiger partial charge in [0.05, 0.1) is 12.5 Å². The number of hydrogen-bond donors (Lipinski definition) is 1. The van der Waals surface area contributed by atoms with Crippen molar-refractivity contribution < 1.29 is 29.0 Å². The summed E-state index contributed by atoms with van der Waals surface area (Å²) in [5, 5.41) is 8.61. The van der Waals surface area contributed by atoms with Crippen LogP contribution < -0.4 is 0 Å². The van der Waals surface area contributed by atoms with Crippen molar-refractivity contribution in [3.8, 4) is 0 Å². The van der Waals surface area contributed by atoms with Crippen LogP contribution in [-0.4, -0.2) is 36.0 Å². The molecule has 108 valence electrons. The van der Waals surface area contributed by atoms with Crippen molar-refractivity contribution in [3.63, 3.8) is 0 Å². The number of methoxy groups -OCH3 is 1. The van der Waals surface area contributed by atoms with E-state index in [0.29, 0.717) is 0 Å². The third kappa shape index (κ3) is 5.62. The molecule has 0 fully saturated rings. The minimum atomic E-state index is -1.10. The maximum atomic E-state index is 11.6. The van der Waals surface area contributed by atoms with Crippen molar-refractivity contribution in [1.29, 1.82) is 0 Å². The standard InChI is InChI=1S/C14H16O6/c1-19-11(8-13(16)17)7-12(15)14(18)20-9-10-5-3-2-4-6-10/h2-6,11H,7-9H2,1H3,(H,16,17)/t11-/m0/s1. The van der Waals surface area contributed by atoms with Gasteiger partial charge in [0, 0.05) is 13.5 Å². The predicted molar refractivity (Wildman–Crippen MR) is 68.9 cm³/mol. The van der Waals surface area contributed by atoms with Crippen LogP contribution in [0.15, 0.2) is 30.3 Å². The van der Waals surface area contributed by atoms with E-state index in [1.165, 1.54) is 7.11 Å². The maximum Gasteiger partial charge on any atom is 0.375 e. The van der Waals surface area contributed by atoms with Crippen LogP contribution in [0.1, 0.15) is 18.4 Å². The highest BCUT2D eigenvalue weighted by Crippen LogP contribution is 2.06. The normalized spacial score (nSPS) is 11.7. The Morgan fingerprint density at radius 1 is 1.15 bits per heavy atom. The molecule has 0 spiro atoms. The molecule has 1 aromatic rings. The molecule has 6 heteroatoms. The lowest BCUT2D eigenvalue weighted by Crippen LogP contribution is -2.25. The van der Waals surface area contributed by atoms with Gasteiger partial charge in [0.15, 0.2) is 0 Å². The van der Waals surface area contributed by atoms with Crippen molar-refractivity contribution in [2.24, 2.45) is 0 Å². The minimum absolute atomic E-state index is 0.00198. The SMILES string of the molecule is CO[C@H](CC(=O)O)CC(=O)C(=O)OCc1ccccc1. The fourth-order valence-corrected chi connectivity index (χ4v) is 1.53.